The molecule has 1 aliphatic heterocycles. The van der Waals surface area contributed by atoms with Crippen molar-refractivity contribution >= 4 is 27.5 Å². The van der Waals surface area contributed by atoms with E-state index in [2.05, 4.69) is 29.4 Å². The van der Waals surface area contributed by atoms with Crippen LogP contribution in [0.5, 0.6) is 0 Å². The molecule has 2 unspecified atom stereocenters. The van der Waals surface area contributed by atoms with Gasteiger partial charge in [0.2, 0.25) is 21.8 Å². The lowest BCUT2D eigenvalue weighted by molar-refractivity contribution is -0.121. The van der Waals surface area contributed by atoms with E-state index in [-0.39, 0.29) is 23.3 Å². The zero-order valence-corrected chi connectivity index (χ0v) is 19.9. The standard InChI is InChI=1S/C22H36N4O4S/c1-17-13-18(2)15-26(14-17)12-6-5-11-23-22(28)16-25(4)31(29,30)21-9-7-20(8-10-21)24-19(3)27/h7-10,17-18H,5-6,11-16H2,1-4H3,(H,23,28)(H,24,27). The van der Waals surface area contributed by atoms with Crippen LogP contribution in [0.1, 0.15) is 40.0 Å². The van der Waals surface area contributed by atoms with Crippen LogP contribution in [0, 0.1) is 11.8 Å². The van der Waals surface area contributed by atoms with Crippen LogP contribution in [-0.4, -0.2) is 69.2 Å². The van der Waals surface area contributed by atoms with Crippen LogP contribution in [0.25, 0.3) is 0 Å². The minimum absolute atomic E-state index is 0.0712. The van der Waals surface area contributed by atoms with E-state index in [1.165, 1.54) is 44.7 Å². The number of likely N-dealkylation sites (tertiary alicyclic amines) is 1. The summed E-state index contributed by atoms with van der Waals surface area (Å²) in [5.41, 5.74) is 0.514. The first kappa shape index (κ1) is 25.3. The van der Waals surface area contributed by atoms with Gasteiger partial charge >= 0.3 is 0 Å². The molecule has 0 saturated carbocycles. The third kappa shape index (κ3) is 8.23. The number of rotatable bonds is 10. The maximum absolute atomic E-state index is 12.7. The first-order chi connectivity index (χ1) is 14.6. The van der Waals surface area contributed by atoms with E-state index >= 15 is 0 Å². The smallest absolute Gasteiger partial charge is 0.243 e. The average Bonchev–Trinajstić information content (AvgIpc) is 2.67. The normalized spacial score (nSPS) is 19.9. The van der Waals surface area contributed by atoms with Crippen molar-refractivity contribution in [3.05, 3.63) is 24.3 Å². The summed E-state index contributed by atoms with van der Waals surface area (Å²) in [7, 11) is -2.40. The Kier molecular flexibility index (Phi) is 9.46. The lowest BCUT2D eigenvalue weighted by atomic mass is 9.92. The molecule has 0 bridgehead atoms. The van der Waals surface area contributed by atoms with Gasteiger partial charge in [-0.05, 0) is 61.9 Å². The molecule has 1 fully saturated rings. The molecule has 31 heavy (non-hydrogen) atoms. The molecule has 0 aromatic heterocycles. The molecule has 0 radical (unpaired) electrons. The molecule has 2 rings (SSSR count). The number of benzene rings is 1. The number of nitrogens with one attached hydrogen (secondary N) is 2. The number of carbonyl (C=O) groups excluding carboxylic acids is 2. The molecule has 2 atom stereocenters. The summed E-state index contributed by atoms with van der Waals surface area (Å²) in [6, 6.07) is 5.87. The van der Waals surface area contributed by atoms with E-state index in [9.17, 15) is 18.0 Å². The Hall–Kier alpha value is -1.97. The van der Waals surface area contributed by atoms with Gasteiger partial charge in [0.05, 0.1) is 11.4 Å². The van der Waals surface area contributed by atoms with Crippen molar-refractivity contribution in [3.8, 4) is 0 Å². The third-order valence-electron chi connectivity index (χ3n) is 5.42. The van der Waals surface area contributed by atoms with Crippen LogP contribution in [0.4, 0.5) is 5.69 Å². The zero-order valence-electron chi connectivity index (χ0n) is 19.1. The number of carbonyl (C=O) groups is 2. The Morgan fingerprint density at radius 3 is 2.29 bits per heavy atom. The van der Waals surface area contributed by atoms with Crippen LogP contribution >= 0.6 is 0 Å². The molecule has 2 N–H and O–H groups in total. The zero-order chi connectivity index (χ0) is 23.0. The Balaban J connectivity index is 1.72. The molecule has 2 amide bonds. The van der Waals surface area contributed by atoms with Crippen molar-refractivity contribution in [1.29, 1.82) is 0 Å². The molecular formula is C22H36N4O4S. The monoisotopic (exact) mass is 452 g/mol. The second-order valence-corrected chi connectivity index (χ2v) is 10.8. The summed E-state index contributed by atoms with van der Waals surface area (Å²) in [6.07, 6.45) is 3.17. The van der Waals surface area contributed by atoms with Gasteiger partial charge < -0.3 is 15.5 Å². The molecule has 1 aromatic carbocycles. The summed E-state index contributed by atoms with van der Waals surface area (Å²) in [6.45, 7) is 9.60. The molecule has 1 saturated heterocycles. The van der Waals surface area contributed by atoms with Gasteiger partial charge in [0.25, 0.3) is 0 Å². The summed E-state index contributed by atoms with van der Waals surface area (Å²) in [5, 5.41) is 5.40. The largest absolute Gasteiger partial charge is 0.355 e. The van der Waals surface area contributed by atoms with E-state index in [4.69, 9.17) is 0 Å². The van der Waals surface area contributed by atoms with Gasteiger partial charge in [-0.25, -0.2) is 8.42 Å². The van der Waals surface area contributed by atoms with Gasteiger partial charge in [0.15, 0.2) is 0 Å². The van der Waals surface area contributed by atoms with Crippen molar-refractivity contribution in [1.82, 2.24) is 14.5 Å². The summed E-state index contributed by atoms with van der Waals surface area (Å²) in [5.74, 6) is 0.927. The minimum atomic E-state index is -3.79. The number of hydrogen-bond acceptors (Lipinski definition) is 5. The van der Waals surface area contributed by atoms with Crippen LogP contribution in [0.3, 0.4) is 0 Å². The predicted molar refractivity (Wildman–Crippen MR) is 122 cm³/mol. The minimum Gasteiger partial charge on any atom is -0.355 e. The summed E-state index contributed by atoms with van der Waals surface area (Å²) < 4.78 is 26.4. The average molecular weight is 453 g/mol. The lowest BCUT2D eigenvalue weighted by Crippen LogP contribution is -2.40. The quantitative estimate of drug-likeness (QED) is 0.530. The van der Waals surface area contributed by atoms with Gasteiger partial charge in [-0.15, -0.1) is 0 Å². The molecule has 9 heteroatoms. The fourth-order valence-corrected chi connectivity index (χ4v) is 5.23. The number of likely N-dealkylation sites (N-methyl/N-ethyl adjacent to an activating group) is 1. The molecule has 1 heterocycles. The van der Waals surface area contributed by atoms with Crippen molar-refractivity contribution in [2.75, 3.05) is 45.1 Å². The highest BCUT2D eigenvalue weighted by molar-refractivity contribution is 7.89. The molecule has 174 valence electrons. The fourth-order valence-electron chi connectivity index (χ4n) is 4.10. The van der Waals surface area contributed by atoms with Crippen molar-refractivity contribution in [3.63, 3.8) is 0 Å². The fraction of sp³-hybridized carbons (Fsp3) is 0.636. The van der Waals surface area contributed by atoms with E-state index < -0.39 is 10.0 Å². The lowest BCUT2D eigenvalue weighted by Gasteiger charge is -2.34. The van der Waals surface area contributed by atoms with Gasteiger partial charge in [0.1, 0.15) is 0 Å². The Labute approximate surface area is 186 Å². The van der Waals surface area contributed by atoms with Gasteiger partial charge in [-0.2, -0.15) is 4.31 Å². The molecule has 1 aromatic rings. The number of hydrogen-bond donors (Lipinski definition) is 2. The first-order valence-corrected chi connectivity index (χ1v) is 12.3. The highest BCUT2D eigenvalue weighted by Gasteiger charge is 2.23. The van der Waals surface area contributed by atoms with Crippen molar-refractivity contribution in [2.45, 2.75) is 44.9 Å². The Bertz CT molecular complexity index is 832. The molecule has 8 nitrogen and oxygen atoms in total. The van der Waals surface area contributed by atoms with Crippen LogP contribution in [-0.2, 0) is 19.6 Å². The Morgan fingerprint density at radius 1 is 1.10 bits per heavy atom. The second kappa shape index (κ2) is 11.6. The number of nitrogens with zero attached hydrogens (tertiary/aromatic N) is 2. The van der Waals surface area contributed by atoms with E-state index in [0.29, 0.717) is 12.2 Å². The van der Waals surface area contributed by atoms with Crippen molar-refractivity contribution < 1.29 is 18.0 Å². The number of anilines is 1. The van der Waals surface area contributed by atoms with Gasteiger partial charge in [0, 0.05) is 39.3 Å². The predicted octanol–water partition coefficient (Wildman–Crippen LogP) is 2.14. The topological polar surface area (TPSA) is 98.8 Å². The third-order valence-corrected chi connectivity index (χ3v) is 7.23. The SMILES string of the molecule is CC(=O)Nc1ccc(S(=O)(=O)N(C)CC(=O)NCCCCN2CC(C)CC(C)C2)cc1. The van der Waals surface area contributed by atoms with Gasteiger partial charge in [-0.3, -0.25) is 9.59 Å². The first-order valence-electron chi connectivity index (χ1n) is 10.9. The second-order valence-electron chi connectivity index (χ2n) is 8.73. The molecule has 0 spiro atoms. The maximum atomic E-state index is 12.7. The number of unbranched alkanes of at least 4 members (excludes halogenated alkanes) is 1. The molecule has 1 aliphatic rings. The van der Waals surface area contributed by atoms with E-state index in [1.807, 2.05) is 0 Å². The molecule has 0 aliphatic carbocycles. The van der Waals surface area contributed by atoms with Gasteiger partial charge in [-0.1, -0.05) is 13.8 Å². The van der Waals surface area contributed by atoms with Crippen molar-refractivity contribution in [2.24, 2.45) is 11.8 Å². The Morgan fingerprint density at radius 2 is 1.71 bits per heavy atom. The number of amides is 2. The molecular weight excluding hydrogens is 416 g/mol. The van der Waals surface area contributed by atoms with Crippen LogP contribution in [0.2, 0.25) is 0 Å². The highest BCUT2D eigenvalue weighted by Crippen LogP contribution is 2.21. The summed E-state index contributed by atoms with van der Waals surface area (Å²) in [4.78, 5) is 25.8. The number of sulfonamides is 1. The van der Waals surface area contributed by atoms with E-state index in [1.54, 1.807) is 0 Å². The summed E-state index contributed by atoms with van der Waals surface area (Å²) >= 11 is 0. The van der Waals surface area contributed by atoms with E-state index in [0.717, 1.165) is 48.6 Å². The maximum Gasteiger partial charge on any atom is 0.243 e. The highest BCUT2D eigenvalue weighted by atomic mass is 32.2. The number of piperidine rings is 1. The van der Waals surface area contributed by atoms with Crippen LogP contribution < -0.4 is 10.6 Å². The van der Waals surface area contributed by atoms with Crippen LogP contribution in [0.15, 0.2) is 29.2 Å².